The molecule has 8 fully saturated rings. The fraction of sp³-hybridized carbons (Fsp3) is 0.813. The number of aliphatic hydroxyl groups is 18. The molecule has 0 aliphatic carbocycles. The lowest BCUT2D eigenvalue weighted by atomic mass is 9.95. The first kappa shape index (κ1) is 102. The van der Waals surface area contributed by atoms with Crippen molar-refractivity contribution < 1.29 is 201 Å². The van der Waals surface area contributed by atoms with Crippen molar-refractivity contribution in [3.8, 4) is 11.5 Å². The van der Waals surface area contributed by atoms with Gasteiger partial charge in [-0.15, -0.1) is 0 Å². The summed E-state index contributed by atoms with van der Waals surface area (Å²) in [7, 11) is 0. The Labute approximate surface area is 719 Å². The highest BCUT2D eigenvalue weighted by atomic mass is 32.2. The van der Waals surface area contributed by atoms with E-state index in [1.165, 1.54) is 18.2 Å². The number of urea groups is 1. The lowest BCUT2D eigenvalue weighted by Crippen LogP contribution is -2.68. The molecule has 8 saturated heterocycles. The number of Topliss-reactive ketones (excluding diaryl/α,β-unsaturated/α-hetero) is 1. The van der Waals surface area contributed by atoms with E-state index >= 15 is 0 Å². The molecule has 0 radical (unpaired) electrons. The summed E-state index contributed by atoms with van der Waals surface area (Å²) in [6.45, 7) is -4.60. The number of carbonyl (C=O) groups is 8. The van der Waals surface area contributed by atoms with Crippen molar-refractivity contribution in [3.63, 3.8) is 0 Å². The number of fused-ring (bicyclic) bond motifs is 1. The lowest BCUT2D eigenvalue weighted by molar-refractivity contribution is -0.376. The minimum absolute atomic E-state index is 0.0298. The van der Waals surface area contributed by atoms with Gasteiger partial charge in [-0.05, 0) is 44.2 Å². The summed E-state index contributed by atoms with van der Waals surface area (Å²) < 4.78 is 86.0. The van der Waals surface area contributed by atoms with Gasteiger partial charge in [0, 0.05) is 88.5 Å². The van der Waals surface area contributed by atoms with Crippen LogP contribution >= 0.6 is 11.8 Å². The number of thioether (sulfide) groups is 1. The Hall–Kier alpha value is -6.31. The van der Waals surface area contributed by atoms with Crippen molar-refractivity contribution in [2.45, 2.75) is 273 Å². The van der Waals surface area contributed by atoms with E-state index in [0.29, 0.717) is 18.1 Å². The zero-order chi connectivity index (χ0) is 90.9. The quantitative estimate of drug-likeness (QED) is 0.0213. The number of nitrogens with one attached hydrogen (secondary N) is 8. The van der Waals surface area contributed by atoms with Crippen LogP contribution in [0.25, 0.3) is 0 Å². The average Bonchev–Trinajstić information content (AvgIpc) is 1.42. The number of unbranched alkanes of at least 4 members (excludes halogenated alkanes) is 2. The highest BCUT2D eigenvalue weighted by Gasteiger charge is 2.57. The van der Waals surface area contributed by atoms with Crippen LogP contribution in [0.2, 0.25) is 0 Å². The molecule has 50 heteroatoms. The third kappa shape index (κ3) is 28.4. The maximum atomic E-state index is 13.7. The Morgan fingerprint density at radius 2 is 0.856 bits per heavy atom. The predicted molar refractivity (Wildman–Crippen MR) is 415 cm³/mol. The van der Waals surface area contributed by atoms with E-state index in [2.05, 4.69) is 42.5 Å². The number of hydrogen-bond donors (Lipinski definition) is 26. The summed E-state index contributed by atoms with van der Waals surface area (Å²) in [6.07, 6.45) is -46.9. The molecule has 125 heavy (non-hydrogen) atoms. The molecule has 0 spiro atoms. The first-order chi connectivity index (χ1) is 59.8. The second-order valence-corrected chi connectivity index (χ2v) is 32.3. The van der Waals surface area contributed by atoms with Gasteiger partial charge in [-0.3, -0.25) is 33.6 Å². The van der Waals surface area contributed by atoms with Gasteiger partial charge in [0.1, 0.15) is 164 Å². The van der Waals surface area contributed by atoms with Gasteiger partial charge in [-0.1, -0.05) is 6.42 Å². The molecule has 0 bridgehead atoms. The Kier molecular flexibility index (Phi) is 41.1. The SMILES string of the molecule is CC(=O)NC1[C@H](OCCCCC(=O)COc2cc(OCC(=O)NCCCO[C@@H]3OC(CO)[C@@H](O[C@@H]4OC(CO)[C@H](O)[C@H](O[C@H]5OC(CO)[C@H](O)C(O)[C@@H]5O)C4O)[C@H](O)C3NC(C)=O)cc(C(=O)NCCNC(=O)CCOCCNC(=O)CCCC[C@@H]3SC[C@@H]4NC(=O)N[C@@H]43)c2)OC(CO)[C@@H](O[C@@H]2OC(CO)[C@H](O)[C@H](O[C@H]3OC(CO)[C@H](O)C(O)[C@@H]3O)C2O)[C@@H]1O. The topological polar surface area (TPSA) is 735 Å². The molecule has 0 aromatic heterocycles. The van der Waals surface area contributed by atoms with E-state index in [-0.39, 0.29) is 126 Å². The van der Waals surface area contributed by atoms with Crippen LogP contribution in [0.15, 0.2) is 18.2 Å². The van der Waals surface area contributed by atoms with Gasteiger partial charge >= 0.3 is 6.03 Å². The molecule has 712 valence electrons. The van der Waals surface area contributed by atoms with Crippen LogP contribution in [-0.2, 0) is 90.3 Å². The predicted octanol–water partition coefficient (Wildman–Crippen LogP) is -13.0. The van der Waals surface area contributed by atoms with E-state index in [0.717, 1.165) is 32.4 Å². The first-order valence-electron chi connectivity index (χ1n) is 41.2. The smallest absolute Gasteiger partial charge is 0.315 e. The maximum Gasteiger partial charge on any atom is 0.315 e. The number of rotatable bonds is 48. The van der Waals surface area contributed by atoms with Crippen LogP contribution < -0.4 is 52.0 Å². The zero-order valence-corrected chi connectivity index (χ0v) is 69.3. The van der Waals surface area contributed by atoms with Gasteiger partial charge in [-0.2, -0.15) is 11.8 Å². The van der Waals surface area contributed by atoms with Crippen LogP contribution in [0.3, 0.4) is 0 Å². The molecule has 9 rings (SSSR count). The minimum atomic E-state index is -2.06. The molecule has 26 N–H and O–H groups in total. The van der Waals surface area contributed by atoms with Gasteiger partial charge in [0.25, 0.3) is 11.8 Å². The third-order valence-electron chi connectivity index (χ3n) is 21.8. The van der Waals surface area contributed by atoms with E-state index in [1.54, 1.807) is 11.8 Å². The monoisotopic (exact) mass is 1820 g/mol. The average molecular weight is 1820 g/mol. The molecule has 0 saturated carbocycles. The normalized spacial score (nSPS) is 36.4. The van der Waals surface area contributed by atoms with E-state index in [1.807, 2.05) is 0 Å². The van der Waals surface area contributed by atoms with Crippen LogP contribution in [0.5, 0.6) is 11.5 Å². The number of aliphatic hydroxyl groups excluding tert-OH is 18. The molecule has 12 unspecified atom stereocenters. The van der Waals surface area contributed by atoms with Gasteiger partial charge in [-0.25, -0.2) is 4.79 Å². The summed E-state index contributed by atoms with van der Waals surface area (Å²) >= 11 is 1.81. The largest absolute Gasteiger partial charge is 0.486 e. The second-order valence-electron chi connectivity index (χ2n) is 31.0. The van der Waals surface area contributed by atoms with Crippen LogP contribution in [-0.4, -0.2) is 452 Å². The molecule has 1 aromatic carbocycles. The summed E-state index contributed by atoms with van der Waals surface area (Å²) in [4.78, 5) is 102. The number of hydrogen-bond acceptors (Lipinski definition) is 42. The van der Waals surface area contributed by atoms with Crippen LogP contribution in [0.1, 0.15) is 82.0 Å². The Morgan fingerprint density at radius 3 is 1.37 bits per heavy atom. The van der Waals surface area contributed by atoms with Crippen molar-refractivity contribution >= 4 is 59.0 Å². The van der Waals surface area contributed by atoms with Crippen molar-refractivity contribution in [2.24, 2.45) is 0 Å². The van der Waals surface area contributed by atoms with Gasteiger partial charge in [0.05, 0.1) is 71.5 Å². The van der Waals surface area contributed by atoms with Crippen molar-refractivity contribution in [1.29, 1.82) is 0 Å². The molecule has 49 nitrogen and oxygen atoms in total. The maximum absolute atomic E-state index is 13.7. The Bertz CT molecular complexity index is 3400. The number of ketones is 1. The van der Waals surface area contributed by atoms with Gasteiger partial charge in [0.2, 0.25) is 23.6 Å². The number of carbonyl (C=O) groups excluding carboxylic acids is 8. The molecular formula is C75H120N8O41S. The van der Waals surface area contributed by atoms with E-state index in [9.17, 15) is 130 Å². The van der Waals surface area contributed by atoms with Crippen molar-refractivity contribution in [1.82, 2.24) is 42.5 Å². The zero-order valence-electron chi connectivity index (χ0n) is 68.5. The summed E-state index contributed by atoms with van der Waals surface area (Å²) in [5.41, 5.74) is -0.0829. The highest BCUT2D eigenvalue weighted by molar-refractivity contribution is 8.00. The van der Waals surface area contributed by atoms with Gasteiger partial charge < -0.3 is 206 Å². The number of ether oxygens (including phenoxy) is 15. The molecule has 8 amide bonds. The number of amides is 8. The highest BCUT2D eigenvalue weighted by Crippen LogP contribution is 2.38. The Morgan fingerprint density at radius 1 is 0.416 bits per heavy atom. The fourth-order valence-corrected chi connectivity index (χ4v) is 16.6. The fourth-order valence-electron chi connectivity index (χ4n) is 15.1. The summed E-state index contributed by atoms with van der Waals surface area (Å²) in [5.74, 6) is -3.15. The molecule has 33 atom stereocenters. The standard InChI is InChI=1S/C75H120N8O41S/c1-32(90)80-50-56(100)64(121-73-62(106)66(54(98)41(25-86)117-73)123-71-60(104)58(102)52(96)39(23-84)115-71)43(27-88)119-69(50)111-16-6-5-8-35(92)29-113-36-20-34(68(108)79-14-13-77-47(94)11-18-110-19-15-78-46(93)10-4-3-9-45-49-38(31-125-45)82-75(109)83-49)21-37(22-36)114-30-48(95)76-12-7-17-112-70-51(81-33(2)91)57(101)65(44(28-89)120-70)122-74-63(107)67(55(99)42(26-87)118-74)124-72-61(105)59(103)53(97)40(24-85)116-72/h20-22,38-45,49-67,69-74,84-89,96-107H,3-19,23-31H2,1-2H3,(H,76,95)(H,77,94)(H,78,93)(H,79,108)(H,80,90)(H,81,91)(H2,82,83,109)/t38-,39?,40?,41?,42?,43?,44?,45-,49-,50?,51?,52-,53-,54-,55-,56+,57+,58?,59?,60-,61-,62?,63?,64+,65+,66-,67-,69+,70+,71+,72+,73-,74-/m0/s1. The first-order valence-corrected chi connectivity index (χ1v) is 42.3. The van der Waals surface area contributed by atoms with Crippen LogP contribution in [0.4, 0.5) is 4.79 Å². The number of benzene rings is 1. The summed E-state index contributed by atoms with van der Waals surface area (Å²) in [5, 5.41) is 213. The lowest BCUT2D eigenvalue weighted by Gasteiger charge is -2.48. The molecule has 8 aliphatic heterocycles. The third-order valence-corrected chi connectivity index (χ3v) is 23.3. The molecular weight excluding hydrogens is 1700 g/mol. The second kappa shape index (κ2) is 50.2. The van der Waals surface area contributed by atoms with Crippen molar-refractivity contribution in [2.75, 3.05) is 111 Å². The van der Waals surface area contributed by atoms with Gasteiger partial charge in [0.15, 0.2) is 50.1 Å². The molecule has 8 aliphatic rings. The Balaban J connectivity index is 0.746. The van der Waals surface area contributed by atoms with Crippen molar-refractivity contribution in [3.05, 3.63) is 23.8 Å². The summed E-state index contributed by atoms with van der Waals surface area (Å²) in [6, 6.07) is 0.974. The molecule has 1 aromatic rings. The van der Waals surface area contributed by atoms with Crippen LogP contribution in [0, 0.1) is 0 Å². The molecule has 8 heterocycles. The minimum Gasteiger partial charge on any atom is -0.486 e. The van der Waals surface area contributed by atoms with E-state index < -0.39 is 272 Å². The van der Waals surface area contributed by atoms with E-state index in [4.69, 9.17) is 71.1 Å².